The lowest BCUT2D eigenvalue weighted by atomic mass is 10.0. The van der Waals surface area contributed by atoms with Crippen molar-refractivity contribution >= 4 is 33.4 Å². The molecule has 0 spiro atoms. The number of carbonyl (C=O) groups excluding carboxylic acids is 1. The highest BCUT2D eigenvalue weighted by Crippen LogP contribution is 2.28. The van der Waals surface area contributed by atoms with Crippen LogP contribution in [0.2, 0.25) is 0 Å². The number of anilines is 1. The summed E-state index contributed by atoms with van der Waals surface area (Å²) in [5.74, 6) is 0.643. The summed E-state index contributed by atoms with van der Waals surface area (Å²) in [5, 5.41) is 3.65. The first-order valence-corrected chi connectivity index (χ1v) is 12.7. The second-order valence-electron chi connectivity index (χ2n) is 7.24. The average Bonchev–Trinajstić information content (AvgIpc) is 2.62. The van der Waals surface area contributed by atoms with E-state index in [0.29, 0.717) is 23.9 Å². The number of hydrogen-bond acceptors (Lipinski definition) is 4. The summed E-state index contributed by atoms with van der Waals surface area (Å²) in [6, 6.07) is 6.53. The molecule has 1 aliphatic carbocycles. The molecule has 2 rings (SSSR count). The maximum Gasteiger partial charge on any atom is 0.243 e. The third-order valence-electron chi connectivity index (χ3n) is 4.89. The van der Waals surface area contributed by atoms with E-state index < -0.39 is 16.1 Å². The number of nitrogens with zero attached hydrogens (tertiary/aromatic N) is 1. The summed E-state index contributed by atoms with van der Waals surface area (Å²) in [4.78, 5) is 12.7. The molecule has 0 aliphatic heterocycles. The first-order chi connectivity index (χ1) is 12.8. The minimum absolute atomic E-state index is 0.228. The van der Waals surface area contributed by atoms with Crippen molar-refractivity contribution in [3.8, 4) is 0 Å². The third-order valence-corrected chi connectivity index (χ3v) is 7.46. The molecule has 152 valence electrons. The SMILES string of the molecule is CCC(C(=O)NCCSC1CCCCC1)N(c1cccc(C)c1)S(C)(=O)=O. The van der Waals surface area contributed by atoms with Crippen LogP contribution >= 0.6 is 11.8 Å². The van der Waals surface area contributed by atoms with E-state index in [9.17, 15) is 13.2 Å². The first kappa shape index (κ1) is 22.1. The van der Waals surface area contributed by atoms with Gasteiger partial charge in [0.25, 0.3) is 0 Å². The van der Waals surface area contributed by atoms with E-state index in [2.05, 4.69) is 5.32 Å². The van der Waals surface area contributed by atoms with Crippen LogP contribution < -0.4 is 9.62 Å². The monoisotopic (exact) mass is 412 g/mol. The minimum atomic E-state index is -3.57. The first-order valence-electron chi connectivity index (χ1n) is 9.78. The molecule has 27 heavy (non-hydrogen) atoms. The van der Waals surface area contributed by atoms with Gasteiger partial charge in [0.1, 0.15) is 6.04 Å². The smallest absolute Gasteiger partial charge is 0.243 e. The molecule has 0 aromatic heterocycles. The lowest BCUT2D eigenvalue weighted by Gasteiger charge is -2.30. The molecule has 1 unspecified atom stereocenters. The van der Waals surface area contributed by atoms with Gasteiger partial charge in [-0.1, -0.05) is 38.3 Å². The van der Waals surface area contributed by atoms with E-state index in [1.165, 1.54) is 36.4 Å². The molecule has 1 amide bonds. The number of sulfonamides is 1. The van der Waals surface area contributed by atoms with Gasteiger partial charge in [-0.25, -0.2) is 8.42 Å². The van der Waals surface area contributed by atoms with Crippen LogP contribution in [0.3, 0.4) is 0 Å². The number of rotatable bonds is 9. The standard InChI is InChI=1S/C20H32N2O3S2/c1-4-19(20(23)21-13-14-26-18-11-6-5-7-12-18)22(27(3,24)25)17-10-8-9-16(2)15-17/h8-10,15,18-19H,4-7,11-14H2,1-3H3,(H,21,23). The molecule has 0 bridgehead atoms. The normalized spacial score (nSPS) is 16.7. The average molecular weight is 413 g/mol. The van der Waals surface area contributed by atoms with E-state index in [1.54, 1.807) is 12.1 Å². The van der Waals surface area contributed by atoms with Crippen molar-refractivity contribution in [2.45, 2.75) is 63.7 Å². The summed E-state index contributed by atoms with van der Waals surface area (Å²) in [6.45, 7) is 4.32. The van der Waals surface area contributed by atoms with E-state index >= 15 is 0 Å². The second kappa shape index (κ2) is 10.4. The zero-order chi connectivity index (χ0) is 19.9. The van der Waals surface area contributed by atoms with Crippen LogP contribution in [-0.2, 0) is 14.8 Å². The molecule has 5 nitrogen and oxygen atoms in total. The molecule has 1 saturated carbocycles. The van der Waals surface area contributed by atoms with Crippen LogP contribution in [0, 0.1) is 6.92 Å². The van der Waals surface area contributed by atoms with Crippen molar-refractivity contribution in [2.75, 3.05) is 22.9 Å². The Morgan fingerprint density at radius 2 is 2.00 bits per heavy atom. The number of amides is 1. The fourth-order valence-corrected chi connectivity index (χ4v) is 6.00. The molecule has 1 atom stereocenters. The fraction of sp³-hybridized carbons (Fsp3) is 0.650. The Kier molecular flexibility index (Phi) is 8.48. The molecule has 0 heterocycles. The van der Waals surface area contributed by atoms with Gasteiger partial charge in [0.15, 0.2) is 0 Å². The molecular formula is C20H32N2O3S2. The van der Waals surface area contributed by atoms with Crippen molar-refractivity contribution in [3.05, 3.63) is 29.8 Å². The van der Waals surface area contributed by atoms with Gasteiger partial charge < -0.3 is 5.32 Å². The van der Waals surface area contributed by atoms with E-state index in [-0.39, 0.29) is 5.91 Å². The number of nitrogens with one attached hydrogen (secondary N) is 1. The predicted molar refractivity (Wildman–Crippen MR) is 115 cm³/mol. The Bertz CT molecular complexity index is 716. The number of benzene rings is 1. The van der Waals surface area contributed by atoms with Gasteiger partial charge in [0.2, 0.25) is 15.9 Å². The minimum Gasteiger partial charge on any atom is -0.353 e. The Balaban J connectivity index is 1.99. The van der Waals surface area contributed by atoms with Crippen LogP contribution in [0.25, 0.3) is 0 Å². The Labute approximate surface area is 168 Å². The lowest BCUT2D eigenvalue weighted by molar-refractivity contribution is -0.122. The summed E-state index contributed by atoms with van der Waals surface area (Å²) in [6.07, 6.45) is 8.07. The second-order valence-corrected chi connectivity index (χ2v) is 10.5. The molecular weight excluding hydrogens is 380 g/mol. The van der Waals surface area contributed by atoms with Crippen LogP contribution in [0.1, 0.15) is 51.0 Å². The molecule has 0 saturated heterocycles. The predicted octanol–water partition coefficient (Wildman–Crippen LogP) is 3.72. The lowest BCUT2D eigenvalue weighted by Crippen LogP contribution is -2.49. The number of hydrogen-bond donors (Lipinski definition) is 1. The van der Waals surface area contributed by atoms with Crippen LogP contribution in [0.15, 0.2) is 24.3 Å². The Morgan fingerprint density at radius 1 is 1.30 bits per heavy atom. The van der Waals surface area contributed by atoms with Crippen molar-refractivity contribution in [1.29, 1.82) is 0 Å². The molecule has 1 aromatic carbocycles. The van der Waals surface area contributed by atoms with Crippen molar-refractivity contribution in [3.63, 3.8) is 0 Å². The van der Waals surface area contributed by atoms with Crippen molar-refractivity contribution in [2.24, 2.45) is 0 Å². The summed E-state index contributed by atoms with van der Waals surface area (Å²) in [5.41, 5.74) is 1.50. The van der Waals surface area contributed by atoms with Gasteiger partial charge >= 0.3 is 0 Å². The molecule has 0 radical (unpaired) electrons. The van der Waals surface area contributed by atoms with Gasteiger partial charge in [-0.05, 0) is 43.9 Å². The van der Waals surface area contributed by atoms with Crippen molar-refractivity contribution in [1.82, 2.24) is 5.32 Å². The van der Waals surface area contributed by atoms with Crippen LogP contribution in [-0.4, -0.2) is 44.2 Å². The Morgan fingerprint density at radius 3 is 2.59 bits per heavy atom. The highest BCUT2D eigenvalue weighted by atomic mass is 32.2. The van der Waals surface area contributed by atoms with E-state index in [0.717, 1.165) is 17.6 Å². The van der Waals surface area contributed by atoms with Crippen LogP contribution in [0.4, 0.5) is 5.69 Å². The number of carbonyl (C=O) groups is 1. The maximum atomic E-state index is 12.7. The molecule has 1 N–H and O–H groups in total. The topological polar surface area (TPSA) is 66.5 Å². The summed E-state index contributed by atoms with van der Waals surface area (Å²) in [7, 11) is -3.57. The quantitative estimate of drug-likeness (QED) is 0.628. The zero-order valence-corrected chi connectivity index (χ0v) is 18.2. The van der Waals surface area contributed by atoms with Gasteiger partial charge in [0, 0.05) is 17.5 Å². The number of aryl methyl sites for hydroxylation is 1. The van der Waals surface area contributed by atoms with Gasteiger partial charge in [-0.3, -0.25) is 9.10 Å². The largest absolute Gasteiger partial charge is 0.353 e. The molecule has 1 aliphatic rings. The Hall–Kier alpha value is -1.21. The third kappa shape index (κ3) is 6.71. The fourth-order valence-electron chi connectivity index (χ4n) is 3.57. The number of thioether (sulfide) groups is 1. The van der Waals surface area contributed by atoms with Gasteiger partial charge in [-0.2, -0.15) is 11.8 Å². The highest BCUT2D eigenvalue weighted by molar-refractivity contribution is 7.99. The zero-order valence-electron chi connectivity index (χ0n) is 16.6. The maximum absolute atomic E-state index is 12.7. The van der Waals surface area contributed by atoms with Gasteiger partial charge in [0.05, 0.1) is 11.9 Å². The molecule has 1 aromatic rings. The van der Waals surface area contributed by atoms with E-state index in [1.807, 2.05) is 37.7 Å². The highest BCUT2D eigenvalue weighted by Gasteiger charge is 2.31. The molecule has 1 fully saturated rings. The molecule has 7 heteroatoms. The van der Waals surface area contributed by atoms with Gasteiger partial charge in [-0.15, -0.1) is 0 Å². The van der Waals surface area contributed by atoms with Crippen LogP contribution in [0.5, 0.6) is 0 Å². The summed E-state index contributed by atoms with van der Waals surface area (Å²) >= 11 is 1.92. The van der Waals surface area contributed by atoms with Crippen molar-refractivity contribution < 1.29 is 13.2 Å². The summed E-state index contributed by atoms with van der Waals surface area (Å²) < 4.78 is 26.1. The van der Waals surface area contributed by atoms with E-state index in [4.69, 9.17) is 0 Å².